The summed E-state index contributed by atoms with van der Waals surface area (Å²) in [4.78, 5) is 11.6. The first-order valence-corrected chi connectivity index (χ1v) is 6.43. The van der Waals surface area contributed by atoms with Crippen LogP contribution in [0.15, 0.2) is 13.6 Å². The molecule has 0 radical (unpaired) electrons. The molecule has 86 valence electrons. The van der Waals surface area contributed by atoms with Crippen molar-refractivity contribution in [3.63, 3.8) is 0 Å². The molecule has 1 aromatic rings. The number of amides is 1. The third-order valence-electron chi connectivity index (χ3n) is 1.56. The molecule has 15 heavy (non-hydrogen) atoms. The molecule has 3 nitrogen and oxygen atoms in total. The average molecular weight is 379 g/mol. The number of hydrogen-bond donors (Lipinski definition) is 2. The molecule has 1 heterocycles. The first kappa shape index (κ1) is 15.4. The van der Waals surface area contributed by atoms with Crippen molar-refractivity contribution < 1.29 is 4.79 Å². The Hall–Kier alpha value is 0.380. The highest BCUT2D eigenvalue weighted by Crippen LogP contribution is 2.31. The largest absolute Gasteiger partial charge is 0.351 e. The van der Waals surface area contributed by atoms with Crippen molar-refractivity contribution in [1.82, 2.24) is 10.6 Å². The number of nitrogens with one attached hydrogen (secondary N) is 2. The third kappa shape index (κ3) is 4.82. The second-order valence-electron chi connectivity index (χ2n) is 2.60. The van der Waals surface area contributed by atoms with E-state index in [-0.39, 0.29) is 18.3 Å². The minimum atomic E-state index is -0.0472. The van der Waals surface area contributed by atoms with Crippen LogP contribution in [0.25, 0.3) is 0 Å². The van der Waals surface area contributed by atoms with E-state index >= 15 is 0 Å². The highest BCUT2D eigenvalue weighted by molar-refractivity contribution is 9.12. The first-order valence-electron chi connectivity index (χ1n) is 4.02. The van der Waals surface area contributed by atoms with E-state index in [0.29, 0.717) is 12.1 Å². The maximum Gasteiger partial charge on any atom is 0.253 e. The molecular formula is C8H11Br2ClN2OS. The molecule has 0 aliphatic heterocycles. The van der Waals surface area contributed by atoms with Gasteiger partial charge in [0.1, 0.15) is 0 Å². The fourth-order valence-electron chi connectivity index (χ4n) is 0.891. The normalized spacial score (nSPS) is 9.53. The Bertz CT molecular complexity index is 332. The third-order valence-corrected chi connectivity index (χ3v) is 3.90. The van der Waals surface area contributed by atoms with E-state index < -0.39 is 0 Å². The van der Waals surface area contributed by atoms with Crippen LogP contribution >= 0.6 is 55.6 Å². The standard InChI is InChI=1S/C8H10Br2N2OS.ClH/c1-11-2-3-12-8(13)5-4-6(9)14-7(5)10;/h4,11H,2-3H2,1H3,(H,12,13);1H. The second kappa shape index (κ2) is 7.62. The quantitative estimate of drug-likeness (QED) is 0.791. The Morgan fingerprint density at radius 3 is 2.60 bits per heavy atom. The van der Waals surface area contributed by atoms with Crippen LogP contribution in [0.3, 0.4) is 0 Å². The van der Waals surface area contributed by atoms with Gasteiger partial charge in [-0.05, 0) is 45.0 Å². The number of rotatable bonds is 4. The Morgan fingerprint density at radius 2 is 2.13 bits per heavy atom. The maximum atomic E-state index is 11.6. The fraction of sp³-hybridized carbons (Fsp3) is 0.375. The van der Waals surface area contributed by atoms with Gasteiger partial charge >= 0.3 is 0 Å². The van der Waals surface area contributed by atoms with E-state index in [1.165, 1.54) is 11.3 Å². The molecular weight excluding hydrogens is 367 g/mol. The van der Waals surface area contributed by atoms with Crippen LogP contribution in [0.4, 0.5) is 0 Å². The number of carbonyl (C=O) groups is 1. The first-order chi connectivity index (χ1) is 6.65. The SMILES string of the molecule is CNCCNC(=O)c1cc(Br)sc1Br.Cl. The lowest BCUT2D eigenvalue weighted by molar-refractivity contribution is 0.0954. The maximum absolute atomic E-state index is 11.6. The predicted octanol–water partition coefficient (Wildman–Crippen LogP) is 2.64. The minimum Gasteiger partial charge on any atom is -0.351 e. The Balaban J connectivity index is 0.00000196. The minimum absolute atomic E-state index is 0. The lowest BCUT2D eigenvalue weighted by Crippen LogP contribution is -2.30. The van der Waals surface area contributed by atoms with Gasteiger partial charge < -0.3 is 10.6 Å². The van der Waals surface area contributed by atoms with Gasteiger partial charge in [0.05, 0.1) is 13.1 Å². The number of halogens is 3. The van der Waals surface area contributed by atoms with Gasteiger partial charge in [-0.2, -0.15) is 0 Å². The van der Waals surface area contributed by atoms with Gasteiger partial charge in [0.25, 0.3) is 5.91 Å². The van der Waals surface area contributed by atoms with E-state index in [9.17, 15) is 4.79 Å². The predicted molar refractivity (Wildman–Crippen MR) is 73.2 cm³/mol. The molecule has 0 unspecified atom stereocenters. The summed E-state index contributed by atoms with van der Waals surface area (Å²) in [6.45, 7) is 1.41. The number of carbonyl (C=O) groups excluding carboxylic acids is 1. The van der Waals surface area contributed by atoms with Crippen LogP contribution < -0.4 is 10.6 Å². The molecule has 2 N–H and O–H groups in total. The van der Waals surface area contributed by atoms with Gasteiger partial charge in [-0.3, -0.25) is 4.79 Å². The summed E-state index contributed by atoms with van der Waals surface area (Å²) in [6, 6.07) is 1.81. The lowest BCUT2D eigenvalue weighted by Gasteiger charge is -2.02. The topological polar surface area (TPSA) is 41.1 Å². The van der Waals surface area contributed by atoms with E-state index in [1.54, 1.807) is 0 Å². The van der Waals surface area contributed by atoms with Crippen molar-refractivity contribution in [2.45, 2.75) is 0 Å². The molecule has 0 bridgehead atoms. The highest BCUT2D eigenvalue weighted by atomic mass is 79.9. The van der Waals surface area contributed by atoms with E-state index in [0.717, 1.165) is 14.1 Å². The van der Waals surface area contributed by atoms with Gasteiger partial charge in [0.2, 0.25) is 0 Å². The summed E-state index contributed by atoms with van der Waals surface area (Å²) in [7, 11) is 1.85. The fourth-order valence-corrected chi connectivity index (χ4v) is 3.68. The summed E-state index contributed by atoms with van der Waals surface area (Å²) in [5, 5.41) is 5.77. The van der Waals surface area contributed by atoms with E-state index in [4.69, 9.17) is 0 Å². The molecule has 1 rings (SSSR count). The molecule has 0 spiro atoms. The van der Waals surface area contributed by atoms with Crippen LogP contribution in [0.2, 0.25) is 0 Å². The summed E-state index contributed by atoms with van der Waals surface area (Å²) in [6.07, 6.45) is 0. The number of likely N-dealkylation sites (N-methyl/N-ethyl adjacent to an activating group) is 1. The molecule has 0 aliphatic rings. The van der Waals surface area contributed by atoms with Crippen molar-refractivity contribution in [3.05, 3.63) is 19.2 Å². The second-order valence-corrected chi connectivity index (χ2v) is 6.35. The van der Waals surface area contributed by atoms with Gasteiger partial charge in [0, 0.05) is 13.1 Å². The smallest absolute Gasteiger partial charge is 0.253 e. The number of thiophene rings is 1. The zero-order chi connectivity index (χ0) is 10.6. The summed E-state index contributed by atoms with van der Waals surface area (Å²) < 4.78 is 1.80. The highest BCUT2D eigenvalue weighted by Gasteiger charge is 2.12. The van der Waals surface area contributed by atoms with E-state index in [1.807, 2.05) is 13.1 Å². The van der Waals surface area contributed by atoms with Crippen LogP contribution in [-0.2, 0) is 0 Å². The van der Waals surface area contributed by atoms with Crippen molar-refractivity contribution in [3.8, 4) is 0 Å². The van der Waals surface area contributed by atoms with Crippen LogP contribution in [0, 0.1) is 0 Å². The Morgan fingerprint density at radius 1 is 1.47 bits per heavy atom. The van der Waals surface area contributed by atoms with Crippen LogP contribution in [0.1, 0.15) is 10.4 Å². The molecule has 1 aromatic heterocycles. The molecule has 0 saturated carbocycles. The van der Waals surface area contributed by atoms with Crippen molar-refractivity contribution in [1.29, 1.82) is 0 Å². The molecule has 0 saturated heterocycles. The Kier molecular flexibility index (Phi) is 7.81. The molecule has 0 atom stereocenters. The van der Waals surface area contributed by atoms with Gasteiger partial charge in [0.15, 0.2) is 0 Å². The van der Waals surface area contributed by atoms with Gasteiger partial charge in [-0.1, -0.05) is 0 Å². The monoisotopic (exact) mass is 376 g/mol. The van der Waals surface area contributed by atoms with Crippen molar-refractivity contribution in [2.75, 3.05) is 20.1 Å². The van der Waals surface area contributed by atoms with E-state index in [2.05, 4.69) is 42.5 Å². The molecule has 0 fully saturated rings. The average Bonchev–Trinajstić information content (AvgIpc) is 2.45. The lowest BCUT2D eigenvalue weighted by atomic mass is 10.3. The van der Waals surface area contributed by atoms with Crippen molar-refractivity contribution >= 4 is 61.5 Å². The van der Waals surface area contributed by atoms with Crippen LogP contribution in [0.5, 0.6) is 0 Å². The number of hydrogen-bond acceptors (Lipinski definition) is 3. The summed E-state index contributed by atoms with van der Waals surface area (Å²) >= 11 is 8.16. The molecule has 7 heteroatoms. The molecule has 0 aromatic carbocycles. The Labute approximate surface area is 116 Å². The van der Waals surface area contributed by atoms with Crippen LogP contribution in [-0.4, -0.2) is 26.0 Å². The van der Waals surface area contributed by atoms with Gasteiger partial charge in [-0.25, -0.2) is 0 Å². The zero-order valence-electron chi connectivity index (χ0n) is 7.97. The van der Waals surface area contributed by atoms with Gasteiger partial charge in [-0.15, -0.1) is 23.7 Å². The van der Waals surface area contributed by atoms with Crippen molar-refractivity contribution in [2.24, 2.45) is 0 Å². The zero-order valence-corrected chi connectivity index (χ0v) is 12.8. The summed E-state index contributed by atoms with van der Waals surface area (Å²) in [5.74, 6) is -0.0472. The molecule has 0 aliphatic carbocycles. The molecule has 1 amide bonds. The summed E-state index contributed by atoms with van der Waals surface area (Å²) in [5.41, 5.74) is 0.679.